The Morgan fingerprint density at radius 3 is 2.47 bits per heavy atom. The number of halogens is 1. The molecular formula is C15H11BrN2O. The normalized spacial score (nSPS) is 10.8. The van der Waals surface area contributed by atoms with Crippen LogP contribution in [0, 0.1) is 0 Å². The van der Waals surface area contributed by atoms with Gasteiger partial charge in [-0.25, -0.2) is 4.79 Å². The average Bonchev–Trinajstić information content (AvgIpc) is 2.45. The highest BCUT2D eigenvalue weighted by molar-refractivity contribution is 9.10. The molecule has 0 spiro atoms. The molecule has 1 heterocycles. The van der Waals surface area contributed by atoms with E-state index < -0.39 is 0 Å². The predicted molar refractivity (Wildman–Crippen MR) is 79.2 cm³/mol. The minimum atomic E-state index is -0.241. The Hall–Kier alpha value is -1.94. The van der Waals surface area contributed by atoms with Crippen molar-refractivity contribution < 1.29 is 0 Å². The fraction of sp³-hybridized carbons (Fsp3) is 0.0667. The molecule has 0 saturated heterocycles. The van der Waals surface area contributed by atoms with E-state index in [1.165, 1.54) is 0 Å². The maximum absolute atomic E-state index is 12.1. The molecule has 1 aromatic heterocycles. The molecule has 94 valence electrons. The second-order valence-corrected chi connectivity index (χ2v) is 5.03. The molecule has 0 unspecified atom stereocenters. The maximum atomic E-state index is 12.1. The van der Waals surface area contributed by atoms with Gasteiger partial charge in [-0.3, -0.25) is 4.57 Å². The molecule has 0 atom stereocenters. The lowest BCUT2D eigenvalue weighted by atomic mass is 10.2. The highest BCUT2D eigenvalue weighted by atomic mass is 79.9. The number of rotatable bonds is 2. The summed E-state index contributed by atoms with van der Waals surface area (Å²) in [7, 11) is 0. The lowest BCUT2D eigenvalue weighted by molar-refractivity contribution is 0.758. The van der Waals surface area contributed by atoms with E-state index in [1.807, 2.05) is 54.6 Å². The smallest absolute Gasteiger partial charge is 0.287 e. The molecule has 0 saturated carbocycles. The third kappa shape index (κ3) is 2.31. The first-order valence-electron chi connectivity index (χ1n) is 5.95. The first-order chi connectivity index (χ1) is 9.25. The van der Waals surface area contributed by atoms with E-state index in [9.17, 15) is 4.79 Å². The Balaban J connectivity index is 2.21. The monoisotopic (exact) mass is 314 g/mol. The third-order valence-electron chi connectivity index (χ3n) is 3.03. The standard InChI is InChI=1S/C15H11BrN2O/c16-14-12-8-4-5-9-13(12)18(15(19)17-14)10-11-6-2-1-3-7-11/h1-9H,10H2. The molecule has 0 aliphatic rings. The molecule has 0 N–H and O–H groups in total. The minimum Gasteiger partial charge on any atom is -0.287 e. The van der Waals surface area contributed by atoms with E-state index in [-0.39, 0.29) is 5.69 Å². The predicted octanol–water partition coefficient (Wildman–Crippen LogP) is 3.21. The Labute approximate surface area is 118 Å². The molecule has 3 nitrogen and oxygen atoms in total. The van der Waals surface area contributed by atoms with E-state index >= 15 is 0 Å². The Bertz CT molecular complexity index is 781. The Kier molecular flexibility index (Phi) is 3.17. The molecule has 3 aromatic rings. The van der Waals surface area contributed by atoms with E-state index in [0.717, 1.165) is 16.5 Å². The zero-order valence-electron chi connectivity index (χ0n) is 10.1. The summed E-state index contributed by atoms with van der Waals surface area (Å²) in [5.41, 5.74) is 1.73. The van der Waals surface area contributed by atoms with Gasteiger partial charge in [-0.1, -0.05) is 48.5 Å². The van der Waals surface area contributed by atoms with Crippen molar-refractivity contribution in [2.45, 2.75) is 6.54 Å². The van der Waals surface area contributed by atoms with Gasteiger partial charge >= 0.3 is 5.69 Å². The van der Waals surface area contributed by atoms with Crippen LogP contribution in [-0.2, 0) is 6.54 Å². The fourth-order valence-corrected chi connectivity index (χ4v) is 2.60. The van der Waals surface area contributed by atoms with Gasteiger partial charge in [-0.2, -0.15) is 4.98 Å². The van der Waals surface area contributed by atoms with Crippen molar-refractivity contribution in [2.75, 3.05) is 0 Å². The number of para-hydroxylation sites is 1. The fourth-order valence-electron chi connectivity index (χ4n) is 2.11. The molecule has 0 aliphatic carbocycles. The van der Waals surface area contributed by atoms with Gasteiger partial charge in [0.25, 0.3) is 0 Å². The van der Waals surface area contributed by atoms with Gasteiger partial charge in [0.2, 0.25) is 0 Å². The zero-order chi connectivity index (χ0) is 13.2. The van der Waals surface area contributed by atoms with E-state index in [4.69, 9.17) is 0 Å². The average molecular weight is 315 g/mol. The van der Waals surface area contributed by atoms with Crippen LogP contribution in [0.15, 0.2) is 64.0 Å². The Morgan fingerprint density at radius 1 is 1.00 bits per heavy atom. The summed E-state index contributed by atoms with van der Waals surface area (Å²) in [6, 6.07) is 17.7. The molecule has 2 aromatic carbocycles. The molecular weight excluding hydrogens is 304 g/mol. The van der Waals surface area contributed by atoms with Crippen LogP contribution in [0.5, 0.6) is 0 Å². The molecule has 4 heteroatoms. The molecule has 0 fully saturated rings. The number of hydrogen-bond acceptors (Lipinski definition) is 2. The molecule has 3 rings (SSSR count). The van der Waals surface area contributed by atoms with Crippen molar-refractivity contribution >= 4 is 26.8 Å². The quantitative estimate of drug-likeness (QED) is 0.681. The van der Waals surface area contributed by atoms with Gasteiger partial charge in [0.1, 0.15) is 4.60 Å². The SMILES string of the molecule is O=c1nc(Br)c2ccccc2n1Cc1ccccc1. The summed E-state index contributed by atoms with van der Waals surface area (Å²) in [5.74, 6) is 0. The van der Waals surface area contributed by atoms with Crippen molar-refractivity contribution in [3.05, 3.63) is 75.2 Å². The van der Waals surface area contributed by atoms with Crippen LogP contribution < -0.4 is 5.69 Å². The van der Waals surface area contributed by atoms with E-state index in [2.05, 4.69) is 20.9 Å². The summed E-state index contributed by atoms with van der Waals surface area (Å²) in [5, 5.41) is 0.943. The number of benzene rings is 2. The summed E-state index contributed by atoms with van der Waals surface area (Å²) in [4.78, 5) is 16.1. The second-order valence-electron chi connectivity index (χ2n) is 4.27. The van der Waals surface area contributed by atoms with Crippen LogP contribution in [0.25, 0.3) is 10.9 Å². The van der Waals surface area contributed by atoms with Crippen LogP contribution in [0.4, 0.5) is 0 Å². The summed E-state index contributed by atoms with van der Waals surface area (Å²) < 4.78 is 2.28. The second kappa shape index (κ2) is 4.97. The van der Waals surface area contributed by atoms with Crippen molar-refractivity contribution in [3.8, 4) is 0 Å². The molecule has 0 radical (unpaired) electrons. The van der Waals surface area contributed by atoms with Gasteiger partial charge < -0.3 is 0 Å². The topological polar surface area (TPSA) is 34.9 Å². The van der Waals surface area contributed by atoms with Crippen molar-refractivity contribution in [2.24, 2.45) is 0 Å². The minimum absolute atomic E-state index is 0.241. The molecule has 0 amide bonds. The molecule has 0 bridgehead atoms. The lowest BCUT2D eigenvalue weighted by Crippen LogP contribution is -2.24. The number of hydrogen-bond donors (Lipinski definition) is 0. The van der Waals surface area contributed by atoms with Crippen molar-refractivity contribution in [3.63, 3.8) is 0 Å². The summed E-state index contributed by atoms with van der Waals surface area (Å²) in [6.07, 6.45) is 0. The largest absolute Gasteiger partial charge is 0.349 e. The van der Waals surface area contributed by atoms with E-state index in [0.29, 0.717) is 11.1 Å². The van der Waals surface area contributed by atoms with Crippen molar-refractivity contribution in [1.29, 1.82) is 0 Å². The van der Waals surface area contributed by atoms with Crippen LogP contribution >= 0.6 is 15.9 Å². The number of aromatic nitrogens is 2. The third-order valence-corrected chi connectivity index (χ3v) is 3.63. The van der Waals surface area contributed by atoms with Crippen LogP contribution in [0.3, 0.4) is 0 Å². The molecule has 0 aliphatic heterocycles. The van der Waals surface area contributed by atoms with Crippen LogP contribution in [0.1, 0.15) is 5.56 Å². The zero-order valence-corrected chi connectivity index (χ0v) is 11.7. The van der Waals surface area contributed by atoms with Gasteiger partial charge in [-0.15, -0.1) is 0 Å². The number of nitrogens with zero attached hydrogens (tertiary/aromatic N) is 2. The van der Waals surface area contributed by atoms with Gasteiger partial charge in [0.05, 0.1) is 12.1 Å². The van der Waals surface area contributed by atoms with E-state index in [1.54, 1.807) is 4.57 Å². The maximum Gasteiger partial charge on any atom is 0.349 e. The number of fused-ring (bicyclic) bond motifs is 1. The van der Waals surface area contributed by atoms with Gasteiger partial charge in [0.15, 0.2) is 0 Å². The summed E-state index contributed by atoms with van der Waals surface area (Å²) >= 11 is 3.34. The molecule has 19 heavy (non-hydrogen) atoms. The first kappa shape index (κ1) is 12.1. The lowest BCUT2D eigenvalue weighted by Gasteiger charge is -2.10. The highest BCUT2D eigenvalue weighted by Crippen LogP contribution is 2.20. The van der Waals surface area contributed by atoms with Gasteiger partial charge in [-0.05, 0) is 27.6 Å². The van der Waals surface area contributed by atoms with Crippen LogP contribution in [0.2, 0.25) is 0 Å². The highest BCUT2D eigenvalue weighted by Gasteiger charge is 2.08. The van der Waals surface area contributed by atoms with Gasteiger partial charge in [0, 0.05) is 5.39 Å². The van der Waals surface area contributed by atoms with Crippen molar-refractivity contribution in [1.82, 2.24) is 9.55 Å². The van der Waals surface area contributed by atoms with Crippen LogP contribution in [-0.4, -0.2) is 9.55 Å². The Morgan fingerprint density at radius 2 is 1.68 bits per heavy atom. The first-order valence-corrected chi connectivity index (χ1v) is 6.74. The summed E-state index contributed by atoms with van der Waals surface area (Å²) in [6.45, 7) is 0.528.